The van der Waals surface area contributed by atoms with E-state index in [1.807, 2.05) is 87.8 Å². The summed E-state index contributed by atoms with van der Waals surface area (Å²) in [5, 5.41) is 4.30. The summed E-state index contributed by atoms with van der Waals surface area (Å²) in [7, 11) is 1.97. The first-order valence-corrected chi connectivity index (χ1v) is 14.7. The molecule has 0 unspecified atom stereocenters. The average Bonchev–Trinajstić information content (AvgIpc) is 3.36. The summed E-state index contributed by atoms with van der Waals surface area (Å²) in [6, 6.07) is 15.9. The van der Waals surface area contributed by atoms with E-state index in [4.69, 9.17) is 14.2 Å². The Morgan fingerprint density at radius 2 is 1.89 bits per heavy atom. The lowest BCUT2D eigenvalue weighted by Gasteiger charge is -2.45. The van der Waals surface area contributed by atoms with Crippen LogP contribution in [0.3, 0.4) is 0 Å². The number of aromatic nitrogens is 4. The predicted molar refractivity (Wildman–Crippen MR) is 169 cm³/mol. The summed E-state index contributed by atoms with van der Waals surface area (Å²) in [5.74, 6) is 2.90. The minimum Gasteiger partial charge on any atom is -0.488 e. The summed E-state index contributed by atoms with van der Waals surface area (Å²) < 4.78 is 20.2. The van der Waals surface area contributed by atoms with Gasteiger partial charge in [-0.2, -0.15) is 0 Å². The van der Waals surface area contributed by atoms with Gasteiger partial charge in [0.1, 0.15) is 35.9 Å². The van der Waals surface area contributed by atoms with E-state index >= 15 is 0 Å². The number of nitrogens with zero attached hydrogens (tertiary/aromatic N) is 6. The minimum absolute atomic E-state index is 0.0239. The first-order valence-electron chi connectivity index (χ1n) is 14.7. The normalized spacial score (nSPS) is 16.3. The number of aryl methyl sites for hydroxylation is 2. The lowest BCUT2D eigenvalue weighted by molar-refractivity contribution is 0.0195. The molecule has 0 bridgehead atoms. The van der Waals surface area contributed by atoms with Crippen LogP contribution in [0.1, 0.15) is 26.3 Å². The van der Waals surface area contributed by atoms with Crippen molar-refractivity contribution >= 4 is 45.2 Å². The highest BCUT2D eigenvalue weighted by molar-refractivity contribution is 6.00. The zero-order valence-electron chi connectivity index (χ0n) is 25.5. The Morgan fingerprint density at radius 3 is 2.70 bits per heavy atom. The Hall–Kier alpha value is -5.06. The molecule has 44 heavy (non-hydrogen) atoms. The molecule has 5 aromatic rings. The van der Waals surface area contributed by atoms with Crippen LogP contribution in [0.15, 0.2) is 61.2 Å². The van der Waals surface area contributed by atoms with Crippen molar-refractivity contribution in [3.8, 4) is 17.2 Å². The van der Waals surface area contributed by atoms with Crippen molar-refractivity contribution in [3.05, 3.63) is 66.7 Å². The van der Waals surface area contributed by atoms with Crippen molar-refractivity contribution in [2.45, 2.75) is 39.3 Å². The molecule has 0 radical (unpaired) electrons. The van der Waals surface area contributed by atoms with E-state index in [1.165, 1.54) is 0 Å². The lowest BCUT2D eigenvalue weighted by atomic mass is 10.1. The molecule has 2 aliphatic rings. The van der Waals surface area contributed by atoms with Crippen molar-refractivity contribution in [2.24, 2.45) is 7.05 Å². The van der Waals surface area contributed by atoms with E-state index in [1.54, 1.807) is 17.6 Å². The van der Waals surface area contributed by atoms with Gasteiger partial charge in [-0.25, -0.2) is 19.7 Å². The minimum atomic E-state index is -0.535. The van der Waals surface area contributed by atoms with Gasteiger partial charge in [-0.3, -0.25) is 0 Å². The van der Waals surface area contributed by atoms with Crippen LogP contribution in [-0.4, -0.2) is 68.4 Å². The number of hydrogen-bond donors (Lipinski definition) is 1. The van der Waals surface area contributed by atoms with E-state index in [-0.39, 0.29) is 12.1 Å². The van der Waals surface area contributed by atoms with E-state index in [0.29, 0.717) is 32.1 Å². The molecule has 4 heterocycles. The second kappa shape index (κ2) is 10.6. The SMILES string of the molecule is Cc1cc(Nc2ncnc3ccc4c(c23)OC[C@@H]2CN(C(=O)OC(C)(C)C)CCN42)ccc1Oc1ccc2c(c1)ncn2C. The van der Waals surface area contributed by atoms with Crippen LogP contribution >= 0.6 is 0 Å². The van der Waals surface area contributed by atoms with Gasteiger partial charge >= 0.3 is 6.09 Å². The number of carbonyl (C=O) groups is 1. The number of nitrogens with one attached hydrogen (secondary N) is 1. The second-order valence-corrected chi connectivity index (χ2v) is 12.3. The molecule has 0 saturated carbocycles. The van der Waals surface area contributed by atoms with Crippen molar-refractivity contribution in [2.75, 3.05) is 36.5 Å². The largest absolute Gasteiger partial charge is 0.488 e. The fourth-order valence-corrected chi connectivity index (χ4v) is 5.85. The quantitative estimate of drug-likeness (QED) is 0.261. The van der Waals surface area contributed by atoms with E-state index in [2.05, 4.69) is 25.2 Å². The van der Waals surface area contributed by atoms with E-state index < -0.39 is 5.60 Å². The van der Waals surface area contributed by atoms with Crippen molar-refractivity contribution in [1.82, 2.24) is 24.4 Å². The molecule has 1 amide bonds. The number of anilines is 3. The first-order chi connectivity index (χ1) is 21.1. The number of carbonyl (C=O) groups excluding carboxylic acids is 1. The van der Waals surface area contributed by atoms with Gasteiger partial charge in [0.25, 0.3) is 0 Å². The summed E-state index contributed by atoms with van der Waals surface area (Å²) in [6.45, 7) is 9.88. The molecule has 2 aromatic heterocycles. The van der Waals surface area contributed by atoms with E-state index in [0.717, 1.165) is 56.1 Å². The van der Waals surface area contributed by atoms with Gasteiger partial charge in [0.15, 0.2) is 5.75 Å². The highest BCUT2D eigenvalue weighted by atomic mass is 16.6. The van der Waals surface area contributed by atoms with Crippen LogP contribution in [0.5, 0.6) is 17.2 Å². The fourth-order valence-electron chi connectivity index (χ4n) is 5.85. The van der Waals surface area contributed by atoms with Crippen LogP contribution in [0, 0.1) is 6.92 Å². The van der Waals surface area contributed by atoms with Crippen LogP contribution in [-0.2, 0) is 11.8 Å². The maximum absolute atomic E-state index is 12.7. The maximum Gasteiger partial charge on any atom is 0.410 e. The van der Waals surface area contributed by atoms with Crippen molar-refractivity contribution in [3.63, 3.8) is 0 Å². The second-order valence-electron chi connectivity index (χ2n) is 12.3. The monoisotopic (exact) mass is 593 g/mol. The summed E-state index contributed by atoms with van der Waals surface area (Å²) in [6.07, 6.45) is 3.06. The highest BCUT2D eigenvalue weighted by Crippen LogP contribution is 2.43. The van der Waals surface area contributed by atoms with Gasteiger partial charge in [0, 0.05) is 38.4 Å². The number of fused-ring (bicyclic) bond motifs is 6. The van der Waals surface area contributed by atoms with Gasteiger partial charge in [-0.1, -0.05) is 0 Å². The molecule has 11 heteroatoms. The number of ether oxygens (including phenoxy) is 3. The summed E-state index contributed by atoms with van der Waals surface area (Å²) in [5.41, 5.74) is 5.00. The van der Waals surface area contributed by atoms with Crippen LogP contribution in [0.4, 0.5) is 22.0 Å². The summed E-state index contributed by atoms with van der Waals surface area (Å²) in [4.78, 5) is 30.4. The third-order valence-corrected chi connectivity index (χ3v) is 7.96. The molecule has 1 saturated heterocycles. The molecule has 7 rings (SSSR count). The number of hydrogen-bond acceptors (Lipinski definition) is 9. The van der Waals surface area contributed by atoms with Gasteiger partial charge in [-0.05, 0) is 75.7 Å². The molecule has 3 aromatic carbocycles. The Kier molecular flexibility index (Phi) is 6.68. The zero-order valence-corrected chi connectivity index (χ0v) is 25.5. The van der Waals surface area contributed by atoms with Gasteiger partial charge in [-0.15, -0.1) is 0 Å². The number of imidazole rings is 1. The third kappa shape index (κ3) is 5.18. The zero-order chi connectivity index (χ0) is 30.6. The molecule has 1 fully saturated rings. The molecule has 11 nitrogen and oxygen atoms in total. The van der Waals surface area contributed by atoms with Gasteiger partial charge < -0.3 is 33.9 Å². The standard InChI is InChI=1S/C33H35N7O4/c1-20-14-21(6-11-28(20)43-23-7-9-26-25(15-23)36-19-38(26)5)37-31-29-24(34-18-35-31)8-10-27-30(29)42-17-22-16-39(12-13-40(22)27)32(41)44-33(2,3)4/h6-11,14-15,18-19,22H,12-13,16-17H2,1-5H3,(H,34,35,37)/t22-/m0/s1. The first kappa shape index (κ1) is 27.8. The number of amides is 1. The van der Waals surface area contributed by atoms with Crippen LogP contribution < -0.4 is 19.7 Å². The fraction of sp³-hybridized carbons (Fsp3) is 0.333. The predicted octanol–water partition coefficient (Wildman–Crippen LogP) is 6.18. The molecular weight excluding hydrogens is 558 g/mol. The maximum atomic E-state index is 12.7. The van der Waals surface area contributed by atoms with Crippen LogP contribution in [0.25, 0.3) is 21.9 Å². The molecule has 1 N–H and O–H groups in total. The van der Waals surface area contributed by atoms with Crippen LogP contribution in [0.2, 0.25) is 0 Å². The molecule has 1 atom stereocenters. The highest BCUT2D eigenvalue weighted by Gasteiger charge is 2.37. The van der Waals surface area contributed by atoms with Gasteiger partial charge in [0.2, 0.25) is 0 Å². The molecule has 0 spiro atoms. The number of piperazine rings is 1. The Balaban J connectivity index is 1.12. The number of rotatable bonds is 4. The van der Waals surface area contributed by atoms with Crippen molar-refractivity contribution in [1.29, 1.82) is 0 Å². The topological polar surface area (TPSA) is 107 Å². The smallest absolute Gasteiger partial charge is 0.410 e. The summed E-state index contributed by atoms with van der Waals surface area (Å²) >= 11 is 0. The van der Waals surface area contributed by atoms with Gasteiger partial charge in [0.05, 0.1) is 40.0 Å². The average molecular weight is 594 g/mol. The Labute approximate surface area is 255 Å². The molecular formula is C33H35N7O4. The lowest BCUT2D eigenvalue weighted by Crippen LogP contribution is -2.59. The third-order valence-electron chi connectivity index (χ3n) is 7.96. The van der Waals surface area contributed by atoms with Crippen molar-refractivity contribution < 1.29 is 19.0 Å². The van der Waals surface area contributed by atoms with E-state index in [9.17, 15) is 4.79 Å². The number of benzene rings is 3. The molecule has 2 aliphatic heterocycles. The molecule has 226 valence electrons. The molecule has 0 aliphatic carbocycles. The Bertz CT molecular complexity index is 1900. The Morgan fingerprint density at radius 1 is 1.02 bits per heavy atom.